The predicted molar refractivity (Wildman–Crippen MR) is 94.6 cm³/mol. The molecular weight excluding hydrogens is 362 g/mol. The molecule has 0 N–H and O–H groups in total. The van der Waals surface area contributed by atoms with Crippen molar-refractivity contribution in [3.05, 3.63) is 56.2 Å². The van der Waals surface area contributed by atoms with Gasteiger partial charge in [0.05, 0.1) is 19.0 Å². The average molecular weight is 377 g/mol. The molecular formula is C17H15ClN3O3S+. The highest BCUT2D eigenvalue weighted by molar-refractivity contribution is 7.15. The lowest BCUT2D eigenvalue weighted by Gasteiger charge is -2.11. The highest BCUT2D eigenvalue weighted by Crippen LogP contribution is 2.34. The SMILES string of the molecule is COc1c(-c2ccccc2)c(=O)n2c([n+]1C)OCC2c1cnc(Cl)s1. The van der Waals surface area contributed by atoms with Crippen molar-refractivity contribution in [2.75, 3.05) is 13.7 Å². The molecule has 1 aliphatic rings. The lowest BCUT2D eigenvalue weighted by Crippen LogP contribution is -2.40. The number of hydrogen-bond acceptors (Lipinski definition) is 5. The van der Waals surface area contributed by atoms with Gasteiger partial charge in [0.15, 0.2) is 16.1 Å². The molecule has 2 aromatic heterocycles. The van der Waals surface area contributed by atoms with Crippen molar-refractivity contribution < 1.29 is 14.0 Å². The third-order valence-corrected chi connectivity index (χ3v) is 5.42. The van der Waals surface area contributed by atoms with Crippen LogP contribution in [0.3, 0.4) is 0 Å². The molecule has 0 radical (unpaired) electrons. The van der Waals surface area contributed by atoms with Gasteiger partial charge in [0.1, 0.15) is 6.61 Å². The number of halogens is 1. The molecule has 128 valence electrons. The van der Waals surface area contributed by atoms with Crippen molar-refractivity contribution >= 4 is 22.9 Å². The van der Waals surface area contributed by atoms with Gasteiger partial charge in [-0.15, -0.1) is 15.9 Å². The molecule has 1 aliphatic heterocycles. The maximum Gasteiger partial charge on any atom is 0.462 e. The van der Waals surface area contributed by atoms with Crippen LogP contribution < -0.4 is 19.6 Å². The number of hydrogen-bond donors (Lipinski definition) is 0. The van der Waals surface area contributed by atoms with Crippen LogP contribution in [0.15, 0.2) is 41.3 Å². The maximum absolute atomic E-state index is 13.3. The van der Waals surface area contributed by atoms with Gasteiger partial charge in [0.25, 0.3) is 0 Å². The molecule has 0 aliphatic carbocycles. The van der Waals surface area contributed by atoms with Crippen molar-refractivity contribution in [1.29, 1.82) is 0 Å². The number of nitrogens with zero attached hydrogens (tertiary/aromatic N) is 3. The zero-order valence-corrected chi connectivity index (χ0v) is 15.2. The molecule has 8 heteroatoms. The Morgan fingerprint density at radius 2 is 2.16 bits per heavy atom. The Morgan fingerprint density at radius 3 is 2.80 bits per heavy atom. The second-order valence-corrected chi connectivity index (χ2v) is 7.25. The number of thiazole rings is 1. The quantitative estimate of drug-likeness (QED) is 0.659. The third kappa shape index (κ3) is 2.51. The van der Waals surface area contributed by atoms with E-state index in [-0.39, 0.29) is 11.6 Å². The van der Waals surface area contributed by atoms with Gasteiger partial charge in [-0.25, -0.2) is 9.78 Å². The van der Waals surface area contributed by atoms with Crippen molar-refractivity contribution in [1.82, 2.24) is 9.55 Å². The first-order valence-electron chi connectivity index (χ1n) is 7.63. The lowest BCUT2D eigenvalue weighted by molar-refractivity contribution is -0.684. The minimum atomic E-state index is -0.257. The Labute approximate surface area is 152 Å². The van der Waals surface area contributed by atoms with Gasteiger partial charge >= 0.3 is 17.4 Å². The van der Waals surface area contributed by atoms with Crippen LogP contribution in [0.25, 0.3) is 11.1 Å². The summed E-state index contributed by atoms with van der Waals surface area (Å²) in [5, 5.41) is 0. The molecule has 1 unspecified atom stereocenters. The number of aromatic nitrogens is 3. The molecule has 3 aromatic rings. The fraction of sp³-hybridized carbons (Fsp3) is 0.235. The fourth-order valence-electron chi connectivity index (χ4n) is 3.10. The van der Waals surface area contributed by atoms with Gasteiger partial charge in [-0.2, -0.15) is 4.57 Å². The van der Waals surface area contributed by atoms with Crippen LogP contribution in [-0.4, -0.2) is 23.3 Å². The minimum absolute atomic E-state index is 0.164. The highest BCUT2D eigenvalue weighted by atomic mass is 35.5. The number of methoxy groups -OCH3 is 1. The number of fused-ring (bicyclic) bond motifs is 1. The van der Waals surface area contributed by atoms with Crippen LogP contribution in [0.5, 0.6) is 11.9 Å². The van der Waals surface area contributed by atoms with E-state index in [4.69, 9.17) is 21.1 Å². The van der Waals surface area contributed by atoms with Gasteiger partial charge in [0, 0.05) is 6.20 Å². The van der Waals surface area contributed by atoms with Crippen LogP contribution >= 0.6 is 22.9 Å². The van der Waals surface area contributed by atoms with E-state index in [9.17, 15) is 4.79 Å². The standard InChI is InChI=1S/C17H15ClN3O3S/c1-20-15(23-2)13(10-6-4-3-5-7-10)14(22)21-11(9-24-17(20)21)12-8-19-16(18)25-12/h3-8,11H,9H2,1-2H3/q+1. The smallest absolute Gasteiger partial charge is 0.462 e. The number of ether oxygens (including phenoxy) is 2. The van der Waals surface area contributed by atoms with Crippen LogP contribution in [-0.2, 0) is 7.05 Å². The molecule has 1 aromatic carbocycles. The first kappa shape index (κ1) is 16.1. The second kappa shape index (κ2) is 6.16. The molecule has 0 spiro atoms. The monoisotopic (exact) mass is 376 g/mol. The summed E-state index contributed by atoms with van der Waals surface area (Å²) in [6.45, 7) is 0.350. The van der Waals surface area contributed by atoms with E-state index in [0.29, 0.717) is 28.5 Å². The Morgan fingerprint density at radius 1 is 1.40 bits per heavy atom. The highest BCUT2D eigenvalue weighted by Gasteiger charge is 2.41. The molecule has 0 saturated carbocycles. The molecule has 25 heavy (non-hydrogen) atoms. The molecule has 3 heterocycles. The van der Waals surface area contributed by atoms with E-state index in [1.54, 1.807) is 22.4 Å². The summed E-state index contributed by atoms with van der Waals surface area (Å²) >= 11 is 7.31. The predicted octanol–water partition coefficient (Wildman–Crippen LogP) is 2.44. The van der Waals surface area contributed by atoms with E-state index in [2.05, 4.69) is 4.98 Å². The molecule has 6 nitrogen and oxygen atoms in total. The lowest BCUT2D eigenvalue weighted by atomic mass is 10.1. The van der Waals surface area contributed by atoms with Gasteiger partial charge < -0.3 is 9.47 Å². The van der Waals surface area contributed by atoms with E-state index < -0.39 is 0 Å². The van der Waals surface area contributed by atoms with Crippen LogP contribution in [0, 0.1) is 0 Å². The van der Waals surface area contributed by atoms with E-state index >= 15 is 0 Å². The molecule has 0 fully saturated rings. The van der Waals surface area contributed by atoms with Gasteiger partial charge in [0.2, 0.25) is 0 Å². The van der Waals surface area contributed by atoms with Crippen molar-refractivity contribution in [2.45, 2.75) is 6.04 Å². The Bertz CT molecular complexity index is 1000. The van der Waals surface area contributed by atoms with Crippen molar-refractivity contribution in [2.24, 2.45) is 7.05 Å². The minimum Gasteiger partial charge on any atom is -0.465 e. The Kier molecular flexibility index (Phi) is 3.97. The third-order valence-electron chi connectivity index (χ3n) is 4.21. The summed E-state index contributed by atoms with van der Waals surface area (Å²) in [5.74, 6) is 0.463. The van der Waals surface area contributed by atoms with Gasteiger partial charge in [-0.3, -0.25) is 0 Å². The largest absolute Gasteiger partial charge is 0.465 e. The molecule has 1 atom stereocenters. The topological polar surface area (TPSA) is 57.2 Å². The summed E-state index contributed by atoms with van der Waals surface area (Å²) in [7, 11) is 3.37. The van der Waals surface area contributed by atoms with Crippen LogP contribution in [0.1, 0.15) is 10.9 Å². The van der Waals surface area contributed by atoms with Crippen LogP contribution in [0.2, 0.25) is 4.47 Å². The summed E-state index contributed by atoms with van der Waals surface area (Å²) in [5.41, 5.74) is 1.13. The Hall–Kier alpha value is -2.38. The summed E-state index contributed by atoms with van der Waals surface area (Å²) < 4.78 is 15.2. The first-order valence-corrected chi connectivity index (χ1v) is 8.83. The zero-order chi connectivity index (χ0) is 17.6. The van der Waals surface area contributed by atoms with E-state index in [1.165, 1.54) is 11.3 Å². The number of benzene rings is 1. The molecule has 0 amide bonds. The van der Waals surface area contributed by atoms with Gasteiger partial charge in [-0.1, -0.05) is 41.9 Å². The first-order chi connectivity index (χ1) is 12.1. The number of rotatable bonds is 3. The summed E-state index contributed by atoms with van der Waals surface area (Å²) in [6, 6.07) is 9.67. The Balaban J connectivity index is 1.99. The second-order valence-electron chi connectivity index (χ2n) is 5.61. The molecule has 0 saturated heterocycles. The summed E-state index contributed by atoms with van der Waals surface area (Å²) in [6.07, 6.45) is 1.69. The normalized spacial score (nSPS) is 15.7. The fourth-order valence-corrected chi connectivity index (χ4v) is 4.13. The van der Waals surface area contributed by atoms with Crippen molar-refractivity contribution in [3.8, 4) is 23.0 Å². The maximum atomic E-state index is 13.3. The zero-order valence-electron chi connectivity index (χ0n) is 13.6. The average Bonchev–Trinajstić information content (AvgIpc) is 3.25. The van der Waals surface area contributed by atoms with Crippen LogP contribution in [0.4, 0.5) is 0 Å². The van der Waals surface area contributed by atoms with Crippen molar-refractivity contribution in [3.63, 3.8) is 0 Å². The molecule has 0 bridgehead atoms. The van der Waals surface area contributed by atoms with Gasteiger partial charge in [-0.05, 0) is 5.56 Å². The van der Waals surface area contributed by atoms with E-state index in [1.807, 2.05) is 37.4 Å². The molecule has 4 rings (SSSR count). The van der Waals surface area contributed by atoms with E-state index in [0.717, 1.165) is 10.4 Å². The summed E-state index contributed by atoms with van der Waals surface area (Å²) in [4.78, 5) is 18.3.